The Morgan fingerprint density at radius 1 is 1.33 bits per heavy atom. The summed E-state index contributed by atoms with van der Waals surface area (Å²) in [5, 5.41) is 29.6. The van der Waals surface area contributed by atoms with Crippen molar-refractivity contribution in [3.8, 4) is 0 Å². The van der Waals surface area contributed by atoms with Crippen molar-refractivity contribution in [3.05, 3.63) is 48.0 Å². The molecule has 0 aromatic heterocycles. The van der Waals surface area contributed by atoms with Crippen LogP contribution in [0.1, 0.15) is 18.1 Å². The smallest absolute Gasteiger partial charge is 0.279 e. The first kappa shape index (κ1) is 12.8. The summed E-state index contributed by atoms with van der Waals surface area (Å²) in [6, 6.07) is 7.62. The fourth-order valence-corrected chi connectivity index (χ4v) is 1.94. The molecule has 2 rings (SSSR count). The predicted molar refractivity (Wildman–Crippen MR) is 63.6 cm³/mol. The lowest BCUT2D eigenvalue weighted by Crippen LogP contribution is -2.44. The molecule has 18 heavy (non-hydrogen) atoms. The summed E-state index contributed by atoms with van der Waals surface area (Å²) in [5.41, 5.74) is 0.405. The minimum atomic E-state index is -1.43. The zero-order chi connectivity index (χ0) is 13.1. The Hall–Kier alpha value is -1.69. The van der Waals surface area contributed by atoms with E-state index in [2.05, 4.69) is 0 Å². The number of aliphatic hydroxyl groups excluding tert-OH is 2. The molecule has 1 amide bonds. The van der Waals surface area contributed by atoms with Gasteiger partial charge in [0.05, 0.1) is 12.1 Å². The van der Waals surface area contributed by atoms with Crippen molar-refractivity contribution in [1.82, 2.24) is 5.06 Å². The summed E-state index contributed by atoms with van der Waals surface area (Å²) in [6.45, 7) is 0. The minimum absolute atomic E-state index is 0.366. The number of hydroxylamine groups is 2. The van der Waals surface area contributed by atoms with Crippen molar-refractivity contribution in [1.29, 1.82) is 0 Å². The molecule has 3 atom stereocenters. The molecule has 96 valence electrons. The van der Waals surface area contributed by atoms with Gasteiger partial charge in [-0.25, -0.2) is 5.06 Å². The molecule has 0 saturated heterocycles. The molecule has 0 heterocycles. The molecule has 0 aliphatic heterocycles. The summed E-state index contributed by atoms with van der Waals surface area (Å²) in [7, 11) is 0. The molecule has 0 unspecified atom stereocenters. The van der Waals surface area contributed by atoms with Gasteiger partial charge >= 0.3 is 0 Å². The van der Waals surface area contributed by atoms with Crippen molar-refractivity contribution in [2.45, 2.75) is 24.7 Å². The zero-order valence-corrected chi connectivity index (χ0v) is 9.68. The van der Waals surface area contributed by atoms with Gasteiger partial charge in [0, 0.05) is 0 Å². The van der Waals surface area contributed by atoms with Gasteiger partial charge in [0.15, 0.2) is 6.10 Å². The fraction of sp³-hybridized carbons (Fsp3) is 0.308. The molecule has 0 saturated carbocycles. The van der Waals surface area contributed by atoms with E-state index in [0.29, 0.717) is 17.0 Å². The van der Waals surface area contributed by atoms with Gasteiger partial charge in [-0.15, -0.1) is 0 Å². The largest absolute Gasteiger partial charge is 0.387 e. The van der Waals surface area contributed by atoms with Gasteiger partial charge in [0.2, 0.25) is 0 Å². The van der Waals surface area contributed by atoms with Crippen LogP contribution in [0.5, 0.6) is 0 Å². The number of hydrogen-bond acceptors (Lipinski definition) is 4. The van der Waals surface area contributed by atoms with E-state index < -0.39 is 24.2 Å². The van der Waals surface area contributed by atoms with E-state index in [-0.39, 0.29) is 0 Å². The van der Waals surface area contributed by atoms with Crippen molar-refractivity contribution < 1.29 is 20.2 Å². The molecule has 0 radical (unpaired) electrons. The molecule has 5 nitrogen and oxygen atoms in total. The van der Waals surface area contributed by atoms with E-state index in [1.807, 2.05) is 0 Å². The maximum Gasteiger partial charge on any atom is 0.279 e. The quantitative estimate of drug-likeness (QED) is 0.417. The number of aliphatic hydroxyl groups is 2. The van der Waals surface area contributed by atoms with Gasteiger partial charge in [-0.2, -0.15) is 0 Å². The zero-order valence-electron chi connectivity index (χ0n) is 9.68. The summed E-state index contributed by atoms with van der Waals surface area (Å²) >= 11 is 0. The fourth-order valence-electron chi connectivity index (χ4n) is 1.94. The highest BCUT2D eigenvalue weighted by Gasteiger charge is 2.33. The number of benzene rings is 1. The van der Waals surface area contributed by atoms with Crippen molar-refractivity contribution in [2.75, 3.05) is 0 Å². The van der Waals surface area contributed by atoms with E-state index in [4.69, 9.17) is 0 Å². The summed E-state index contributed by atoms with van der Waals surface area (Å²) < 4.78 is 0. The molecule has 3 N–H and O–H groups in total. The molecule has 0 bridgehead atoms. The van der Waals surface area contributed by atoms with E-state index in [1.165, 1.54) is 6.08 Å². The molecular weight excluding hydrogens is 234 g/mol. The van der Waals surface area contributed by atoms with Crippen LogP contribution in [-0.2, 0) is 4.79 Å². The van der Waals surface area contributed by atoms with Gasteiger partial charge in [-0.3, -0.25) is 10.0 Å². The maximum atomic E-state index is 11.9. The lowest BCUT2D eigenvalue weighted by atomic mass is 10.1. The van der Waals surface area contributed by atoms with Crippen LogP contribution in [0.4, 0.5) is 0 Å². The second-order valence-electron chi connectivity index (χ2n) is 4.22. The predicted octanol–water partition coefficient (Wildman–Crippen LogP) is 0.627. The molecule has 1 aromatic carbocycles. The van der Waals surface area contributed by atoms with E-state index in [9.17, 15) is 20.2 Å². The van der Waals surface area contributed by atoms with E-state index >= 15 is 0 Å². The Balaban J connectivity index is 2.07. The first-order valence-corrected chi connectivity index (χ1v) is 5.71. The second-order valence-corrected chi connectivity index (χ2v) is 4.22. The lowest BCUT2D eigenvalue weighted by molar-refractivity contribution is -0.190. The van der Waals surface area contributed by atoms with Crippen LogP contribution in [0.2, 0.25) is 0 Å². The highest BCUT2D eigenvalue weighted by molar-refractivity contribution is 5.81. The van der Waals surface area contributed by atoms with E-state index in [0.717, 1.165) is 0 Å². The lowest BCUT2D eigenvalue weighted by Gasteiger charge is -2.26. The molecule has 0 fully saturated rings. The number of carbonyl (C=O) groups excluding carboxylic acids is 1. The normalized spacial score (nSPS) is 23.9. The van der Waals surface area contributed by atoms with Crippen LogP contribution < -0.4 is 0 Å². The minimum Gasteiger partial charge on any atom is -0.387 e. The van der Waals surface area contributed by atoms with Gasteiger partial charge in [0.1, 0.15) is 0 Å². The monoisotopic (exact) mass is 249 g/mol. The Labute approximate surface area is 105 Å². The van der Waals surface area contributed by atoms with Gasteiger partial charge in [-0.1, -0.05) is 42.5 Å². The van der Waals surface area contributed by atoms with Crippen LogP contribution in [0.3, 0.4) is 0 Å². The second kappa shape index (κ2) is 5.30. The number of nitrogens with zero attached hydrogens (tertiary/aromatic N) is 1. The Kier molecular flexibility index (Phi) is 3.76. The standard InChI is InChI=1S/C13H15NO4/c15-11-8-4-7-10(11)14(18)13(17)12(16)9-5-2-1-3-6-9/h1-6,8,10-12,15-16,18H,7H2/t10-,11+,12-/m1/s1. The maximum absolute atomic E-state index is 11.9. The third-order valence-corrected chi connectivity index (χ3v) is 2.99. The van der Waals surface area contributed by atoms with Crippen LogP contribution in [-0.4, -0.2) is 38.5 Å². The number of hydrogen-bond donors (Lipinski definition) is 3. The van der Waals surface area contributed by atoms with Gasteiger partial charge in [-0.05, 0) is 12.0 Å². The molecule has 1 aliphatic carbocycles. The molecule has 1 aromatic rings. The average Bonchev–Trinajstić information content (AvgIpc) is 2.83. The van der Waals surface area contributed by atoms with Crippen LogP contribution >= 0.6 is 0 Å². The molecule has 1 aliphatic rings. The van der Waals surface area contributed by atoms with Crippen molar-refractivity contribution >= 4 is 5.91 Å². The first-order chi connectivity index (χ1) is 8.61. The average molecular weight is 249 g/mol. The van der Waals surface area contributed by atoms with Gasteiger partial charge < -0.3 is 10.2 Å². The van der Waals surface area contributed by atoms with Crippen LogP contribution in [0, 0.1) is 0 Å². The number of amides is 1. The van der Waals surface area contributed by atoms with Crippen LogP contribution in [0.25, 0.3) is 0 Å². The Bertz CT molecular complexity index is 446. The Morgan fingerprint density at radius 2 is 2.00 bits per heavy atom. The highest BCUT2D eigenvalue weighted by Crippen LogP contribution is 2.21. The summed E-state index contributed by atoms with van der Waals surface area (Å²) in [4.78, 5) is 11.9. The van der Waals surface area contributed by atoms with Crippen molar-refractivity contribution in [2.24, 2.45) is 0 Å². The van der Waals surface area contributed by atoms with Crippen molar-refractivity contribution in [3.63, 3.8) is 0 Å². The third-order valence-electron chi connectivity index (χ3n) is 2.99. The van der Waals surface area contributed by atoms with Gasteiger partial charge in [0.25, 0.3) is 5.91 Å². The molecule has 0 spiro atoms. The first-order valence-electron chi connectivity index (χ1n) is 5.71. The number of rotatable bonds is 3. The summed E-state index contributed by atoms with van der Waals surface area (Å²) in [5.74, 6) is -0.839. The topological polar surface area (TPSA) is 81.0 Å². The van der Waals surface area contributed by atoms with Crippen LogP contribution in [0.15, 0.2) is 42.5 Å². The summed E-state index contributed by atoms with van der Waals surface area (Å²) in [6.07, 6.45) is 1.23. The SMILES string of the molecule is O=C([C@H](O)c1ccccc1)N(O)[C@@H]1CC=C[C@@H]1O. The Morgan fingerprint density at radius 3 is 2.56 bits per heavy atom. The third kappa shape index (κ3) is 2.43. The highest BCUT2D eigenvalue weighted by atomic mass is 16.5. The molecule has 5 heteroatoms. The van der Waals surface area contributed by atoms with E-state index in [1.54, 1.807) is 36.4 Å². The molecular formula is C13H15NO4. The number of carbonyl (C=O) groups is 1.